The molecular formula is C50H68F2N10O10Si. The number of carboxylic acid groups (broad SMARTS) is 2. The van der Waals surface area contributed by atoms with Gasteiger partial charge in [-0.05, 0) is 112 Å². The van der Waals surface area contributed by atoms with Gasteiger partial charge in [0.25, 0.3) is 0 Å². The van der Waals surface area contributed by atoms with E-state index in [1.54, 1.807) is 55.1 Å². The molecule has 6 amide bonds. The van der Waals surface area contributed by atoms with Crippen molar-refractivity contribution in [1.29, 1.82) is 0 Å². The van der Waals surface area contributed by atoms with E-state index in [1.165, 1.54) is 36.2 Å². The number of amides is 6. The number of nitrogen functional groups attached to an aromatic ring is 2. The van der Waals surface area contributed by atoms with E-state index in [4.69, 9.17) is 20.9 Å². The van der Waals surface area contributed by atoms with Crippen molar-refractivity contribution in [3.8, 4) is 0 Å². The van der Waals surface area contributed by atoms with Gasteiger partial charge in [-0.25, -0.2) is 18.4 Å². The molecule has 4 aliphatic heterocycles. The third kappa shape index (κ3) is 11.9. The molecule has 0 radical (unpaired) electrons. The number of hydrogen-bond donors (Lipinski definition) is 8. The van der Waals surface area contributed by atoms with Gasteiger partial charge < -0.3 is 72.0 Å². The smallest absolute Gasteiger partial charge is 0.405 e. The Bertz CT molecular complexity index is 2430. The van der Waals surface area contributed by atoms with E-state index < -0.39 is 104 Å². The molecular weight excluding hydrogens is 967 g/mol. The van der Waals surface area contributed by atoms with Crippen molar-refractivity contribution in [2.45, 2.75) is 126 Å². The zero-order chi connectivity index (χ0) is 53.1. The molecule has 0 bridgehead atoms. The Morgan fingerprint density at radius 1 is 0.658 bits per heavy atom. The third-order valence-corrected chi connectivity index (χ3v) is 18.2. The topological polar surface area (TPSA) is 274 Å². The van der Waals surface area contributed by atoms with Gasteiger partial charge in [-0.2, -0.15) is 0 Å². The fourth-order valence-electron chi connectivity index (χ4n) is 10.7. The van der Waals surface area contributed by atoms with Crippen LogP contribution in [0.5, 0.6) is 0 Å². The van der Waals surface area contributed by atoms with Crippen LogP contribution in [0.1, 0.15) is 75.6 Å². The third-order valence-electron chi connectivity index (χ3n) is 15.0. The van der Waals surface area contributed by atoms with E-state index in [-0.39, 0.29) is 47.2 Å². The number of hydrogen-bond acceptors (Lipinski definition) is 12. The summed E-state index contributed by atoms with van der Waals surface area (Å²) in [4.78, 5) is 84.3. The SMILES string of the molecule is COC(C)C(NC(=O)O)C(=O)N1CCC[C@H]1C(=O)Nc1ccc([C@@H]2CC[C@@H](c3ccc(NC(=O)[C@@H]4CCCN4C(=O)C(NC(=O)O)C(C)OC)c(N)c3)N2c2cc(F)c(N3CC[Si](C)(C)CC3)c(F)c2)cc1N. The van der Waals surface area contributed by atoms with Crippen molar-refractivity contribution in [3.63, 3.8) is 0 Å². The summed E-state index contributed by atoms with van der Waals surface area (Å²) in [5, 5.41) is 28.9. The predicted molar refractivity (Wildman–Crippen MR) is 274 cm³/mol. The van der Waals surface area contributed by atoms with Gasteiger partial charge >= 0.3 is 12.2 Å². The summed E-state index contributed by atoms with van der Waals surface area (Å²) in [6, 6.07) is 9.46. The summed E-state index contributed by atoms with van der Waals surface area (Å²) in [6.07, 6.45) is -1.76. The highest BCUT2D eigenvalue weighted by Gasteiger charge is 2.43. The summed E-state index contributed by atoms with van der Waals surface area (Å²) >= 11 is 0. The summed E-state index contributed by atoms with van der Waals surface area (Å²) < 4.78 is 43.5. The molecule has 4 saturated heterocycles. The van der Waals surface area contributed by atoms with Crippen LogP contribution in [0.15, 0.2) is 48.5 Å². The lowest BCUT2D eigenvalue weighted by atomic mass is 10.0. The summed E-state index contributed by atoms with van der Waals surface area (Å²) in [6.45, 7) is 9.23. The molecule has 73 heavy (non-hydrogen) atoms. The minimum Gasteiger partial charge on any atom is -0.465 e. The van der Waals surface area contributed by atoms with Gasteiger partial charge in [0.2, 0.25) is 23.6 Å². The van der Waals surface area contributed by atoms with Crippen LogP contribution in [0.3, 0.4) is 0 Å². The number of ether oxygens (including phenoxy) is 2. The van der Waals surface area contributed by atoms with E-state index >= 15 is 8.78 Å². The molecule has 20 nitrogen and oxygen atoms in total. The van der Waals surface area contributed by atoms with Gasteiger partial charge in [-0.1, -0.05) is 25.2 Å². The van der Waals surface area contributed by atoms with Crippen molar-refractivity contribution in [2.24, 2.45) is 0 Å². The Morgan fingerprint density at radius 3 is 1.44 bits per heavy atom. The number of nitrogens with zero attached hydrogens (tertiary/aromatic N) is 4. The van der Waals surface area contributed by atoms with Gasteiger partial charge in [0.1, 0.15) is 29.9 Å². The molecule has 0 aromatic heterocycles. The predicted octanol–water partition coefficient (Wildman–Crippen LogP) is 5.94. The number of nitrogens with one attached hydrogen (secondary N) is 4. The maximum absolute atomic E-state index is 16.5. The summed E-state index contributed by atoms with van der Waals surface area (Å²) in [5.74, 6) is -3.61. The highest BCUT2D eigenvalue weighted by Crippen LogP contribution is 2.49. The Labute approximate surface area is 424 Å². The largest absolute Gasteiger partial charge is 0.465 e. The van der Waals surface area contributed by atoms with Crippen LogP contribution >= 0.6 is 0 Å². The second kappa shape index (κ2) is 22.6. The van der Waals surface area contributed by atoms with Crippen LogP contribution in [0.2, 0.25) is 25.2 Å². The van der Waals surface area contributed by atoms with Crippen molar-refractivity contribution < 1.29 is 57.2 Å². The van der Waals surface area contributed by atoms with E-state index in [2.05, 4.69) is 34.4 Å². The first-order valence-corrected chi connectivity index (χ1v) is 28.1. The number of nitrogens with two attached hydrogens (primary N) is 2. The Hall–Kier alpha value is -6.72. The van der Waals surface area contributed by atoms with Crippen molar-refractivity contribution in [3.05, 3.63) is 71.3 Å². The molecule has 396 valence electrons. The lowest BCUT2D eigenvalue weighted by Gasteiger charge is -2.38. The van der Waals surface area contributed by atoms with Crippen molar-refractivity contribution >= 4 is 78.0 Å². The van der Waals surface area contributed by atoms with Gasteiger partial charge in [0.05, 0.1) is 55.1 Å². The van der Waals surface area contributed by atoms with Crippen LogP contribution in [0, 0.1) is 11.6 Å². The van der Waals surface area contributed by atoms with E-state index in [9.17, 15) is 39.0 Å². The summed E-state index contributed by atoms with van der Waals surface area (Å²) in [5.41, 5.74) is 15.8. The molecule has 0 saturated carbocycles. The van der Waals surface area contributed by atoms with Gasteiger partial charge in [0, 0.05) is 46.1 Å². The number of likely N-dealkylation sites (tertiary alicyclic amines) is 2. The monoisotopic (exact) mass is 1030 g/mol. The first-order chi connectivity index (χ1) is 34.6. The summed E-state index contributed by atoms with van der Waals surface area (Å²) in [7, 11) is 1.25. The normalized spacial score (nSPS) is 22.3. The number of carbonyl (C=O) groups is 6. The first-order valence-electron chi connectivity index (χ1n) is 24.7. The standard InChI is InChI=1S/C50H68F2N10O10Si/c1-27(71-3)42(57-49(67)68)47(65)60-17-7-9-40(60)45(63)55-36-13-11-29(23-34(36)53)38-15-16-39(62(38)31-25-32(51)44(33(52)26-31)59-19-21-73(5,6)22-20-59)30-12-14-37(35(54)24-30)56-46(64)41-10-8-18-61(41)48(66)43(28(2)72-4)58-50(69)70/h11-14,23-28,38-43,57-58H,7-10,15-22,53-54H2,1-6H3,(H,55,63)(H,56,64)(H,67,68)(H,69,70)/t27?,28?,38-,39-,40-,41-,42?,43?/m0/s1. The minimum atomic E-state index is -1.46. The van der Waals surface area contributed by atoms with E-state index in [1.807, 2.05) is 4.90 Å². The molecule has 4 unspecified atom stereocenters. The number of methoxy groups -OCH3 is 2. The van der Waals surface area contributed by atoms with Crippen LogP contribution in [-0.2, 0) is 28.7 Å². The van der Waals surface area contributed by atoms with Crippen LogP contribution in [-0.4, -0.2) is 141 Å². The molecule has 0 spiro atoms. The zero-order valence-corrected chi connectivity index (χ0v) is 43.1. The average molecular weight is 1040 g/mol. The Balaban J connectivity index is 1.15. The molecule has 23 heteroatoms. The lowest BCUT2D eigenvalue weighted by Crippen LogP contribution is -2.56. The van der Waals surface area contributed by atoms with Crippen molar-refractivity contribution in [1.82, 2.24) is 20.4 Å². The number of halogens is 2. The van der Waals surface area contributed by atoms with Crippen LogP contribution < -0.4 is 42.5 Å². The average Bonchev–Trinajstić information content (AvgIpc) is 4.14. The molecule has 4 fully saturated rings. The highest BCUT2D eigenvalue weighted by molar-refractivity contribution is 6.77. The quantitative estimate of drug-likeness (QED) is 0.0610. The minimum absolute atomic E-state index is 0.0666. The highest BCUT2D eigenvalue weighted by atomic mass is 28.3. The number of anilines is 6. The second-order valence-corrected chi connectivity index (χ2v) is 25.5. The molecule has 3 aromatic rings. The fraction of sp³-hybridized carbons (Fsp3) is 0.520. The van der Waals surface area contributed by atoms with Crippen LogP contribution in [0.25, 0.3) is 0 Å². The number of benzene rings is 3. The zero-order valence-electron chi connectivity index (χ0n) is 42.1. The molecule has 4 aliphatic rings. The molecule has 4 heterocycles. The van der Waals surface area contributed by atoms with Gasteiger partial charge in [0.15, 0.2) is 11.6 Å². The molecule has 10 N–H and O–H groups in total. The first kappa shape index (κ1) is 54.1. The molecule has 3 aromatic carbocycles. The number of carbonyl (C=O) groups excluding carboxylic acids is 4. The van der Waals surface area contributed by atoms with Gasteiger partial charge in [-0.15, -0.1) is 0 Å². The fourth-order valence-corrected chi connectivity index (χ4v) is 12.7. The Kier molecular flexibility index (Phi) is 16.7. The maximum Gasteiger partial charge on any atom is 0.405 e. The van der Waals surface area contributed by atoms with Crippen LogP contribution in [0.4, 0.5) is 52.5 Å². The lowest BCUT2D eigenvalue weighted by molar-refractivity contribution is -0.141. The number of rotatable bonds is 16. The second-order valence-electron chi connectivity index (χ2n) is 20.2. The molecule has 8 atom stereocenters. The van der Waals surface area contributed by atoms with Crippen molar-refractivity contribution in [2.75, 3.05) is 72.3 Å². The van der Waals surface area contributed by atoms with E-state index in [0.717, 1.165) is 12.1 Å². The van der Waals surface area contributed by atoms with E-state index in [0.29, 0.717) is 62.7 Å². The molecule has 0 aliphatic carbocycles. The van der Waals surface area contributed by atoms with Gasteiger partial charge in [-0.3, -0.25) is 19.2 Å². The maximum atomic E-state index is 16.5. The molecule has 7 rings (SSSR count). The Morgan fingerprint density at radius 2 is 1.07 bits per heavy atom.